The molecule has 0 heterocycles. The second kappa shape index (κ2) is 14.7. The fourth-order valence-electron chi connectivity index (χ4n) is 1.37. The van der Waals surface area contributed by atoms with Crippen LogP contribution in [-0.4, -0.2) is 47.1 Å². The molecule has 6 nitrogen and oxygen atoms in total. The molecule has 0 fully saturated rings. The molecule has 0 aromatic carbocycles. The summed E-state index contributed by atoms with van der Waals surface area (Å²) in [5.74, 6) is -1.41. The van der Waals surface area contributed by atoms with Crippen LogP contribution >= 0.6 is 0 Å². The minimum atomic E-state index is -0.981. The molecule has 0 aliphatic rings. The lowest BCUT2D eigenvalue weighted by Crippen LogP contribution is -2.17. The van der Waals surface area contributed by atoms with Gasteiger partial charge < -0.3 is 20.1 Å². The van der Waals surface area contributed by atoms with E-state index in [9.17, 15) is 14.7 Å². The van der Waals surface area contributed by atoms with Crippen LogP contribution in [0.15, 0.2) is 24.3 Å². The Kier molecular flexibility index (Phi) is 15.2. The van der Waals surface area contributed by atoms with Gasteiger partial charge in [0.25, 0.3) is 0 Å². The summed E-state index contributed by atoms with van der Waals surface area (Å²) in [6, 6.07) is 0. The quantitative estimate of drug-likeness (QED) is 0.340. The van der Waals surface area contributed by atoms with Crippen molar-refractivity contribution in [3.05, 3.63) is 24.3 Å². The summed E-state index contributed by atoms with van der Waals surface area (Å²) < 4.78 is 4.61. The number of aliphatic hydroxyl groups excluding tert-OH is 2. The summed E-state index contributed by atoms with van der Waals surface area (Å²) in [7, 11) is 1.31. The van der Waals surface area contributed by atoms with E-state index in [4.69, 9.17) is 10.2 Å². The molecule has 1 unspecified atom stereocenters. The maximum atomic E-state index is 11.3. The highest BCUT2D eigenvalue weighted by atomic mass is 16.5. The maximum Gasteiger partial charge on any atom is 0.333 e. The Morgan fingerprint density at radius 1 is 1.33 bits per heavy atom. The van der Waals surface area contributed by atoms with E-state index in [2.05, 4.69) is 18.2 Å². The molecule has 0 radical (unpaired) electrons. The van der Waals surface area contributed by atoms with Crippen molar-refractivity contribution >= 4 is 11.9 Å². The molecule has 0 spiro atoms. The standard InChI is InChI=1S/C12H22O4.C3H4O2/c1-3-4-5-6-7-10(12(15)16-2)8-11(14)9-13;1-2-3(4)5/h7,11,13-14H,3-6,8-9H2,1-2H3;2H,1H2,(H,4,5). The first-order chi connectivity index (χ1) is 9.92. The van der Waals surface area contributed by atoms with Gasteiger partial charge in [-0.05, 0) is 12.8 Å². The van der Waals surface area contributed by atoms with E-state index in [0.717, 1.165) is 31.8 Å². The number of unbranched alkanes of at least 4 members (excludes halogenated alkanes) is 3. The van der Waals surface area contributed by atoms with Crippen LogP contribution in [0.1, 0.15) is 39.0 Å². The number of methoxy groups -OCH3 is 1. The Balaban J connectivity index is 0. The minimum absolute atomic E-state index is 0.148. The van der Waals surface area contributed by atoms with Gasteiger partial charge in [-0.1, -0.05) is 32.4 Å². The first kappa shape index (κ1) is 21.6. The van der Waals surface area contributed by atoms with E-state index < -0.39 is 18.0 Å². The number of ether oxygens (including phenoxy) is 1. The Morgan fingerprint density at radius 2 is 1.90 bits per heavy atom. The van der Waals surface area contributed by atoms with Gasteiger partial charge in [0.15, 0.2) is 0 Å². The minimum Gasteiger partial charge on any atom is -0.478 e. The van der Waals surface area contributed by atoms with Crippen molar-refractivity contribution in [1.82, 2.24) is 0 Å². The normalized spacial score (nSPS) is 11.9. The molecule has 0 aliphatic carbocycles. The van der Waals surface area contributed by atoms with Gasteiger partial charge >= 0.3 is 11.9 Å². The molecular weight excluding hydrogens is 276 g/mol. The summed E-state index contributed by atoms with van der Waals surface area (Å²) in [6.07, 6.45) is 5.95. The van der Waals surface area contributed by atoms with E-state index in [1.807, 2.05) is 0 Å². The molecule has 0 rings (SSSR count). The summed E-state index contributed by atoms with van der Waals surface area (Å²) in [5.41, 5.74) is 0.445. The molecule has 3 N–H and O–H groups in total. The summed E-state index contributed by atoms with van der Waals surface area (Å²) >= 11 is 0. The second-order valence-corrected chi connectivity index (χ2v) is 4.30. The number of aliphatic carboxylic acids is 1. The number of esters is 1. The summed E-state index contributed by atoms with van der Waals surface area (Å²) in [5, 5.41) is 25.6. The van der Waals surface area contributed by atoms with Crippen molar-refractivity contribution in [3.8, 4) is 0 Å². The highest BCUT2D eigenvalue weighted by Crippen LogP contribution is 2.11. The monoisotopic (exact) mass is 302 g/mol. The van der Waals surface area contributed by atoms with Crippen LogP contribution in [-0.2, 0) is 14.3 Å². The number of hydrogen-bond donors (Lipinski definition) is 3. The average molecular weight is 302 g/mol. The van der Waals surface area contributed by atoms with Crippen molar-refractivity contribution in [2.24, 2.45) is 0 Å². The first-order valence-electron chi connectivity index (χ1n) is 6.84. The van der Waals surface area contributed by atoms with Gasteiger partial charge in [0.1, 0.15) is 0 Å². The number of rotatable bonds is 9. The number of carbonyl (C=O) groups excluding carboxylic acids is 1. The fraction of sp³-hybridized carbons (Fsp3) is 0.600. The van der Waals surface area contributed by atoms with Crippen molar-refractivity contribution in [1.29, 1.82) is 0 Å². The van der Waals surface area contributed by atoms with Crippen LogP contribution in [0.5, 0.6) is 0 Å². The Bertz CT molecular complexity index is 335. The first-order valence-corrected chi connectivity index (χ1v) is 6.84. The molecule has 0 aromatic rings. The number of aliphatic hydroxyl groups is 2. The van der Waals surface area contributed by atoms with Crippen LogP contribution in [0.25, 0.3) is 0 Å². The average Bonchev–Trinajstić information content (AvgIpc) is 2.49. The van der Waals surface area contributed by atoms with E-state index in [-0.39, 0.29) is 13.0 Å². The maximum absolute atomic E-state index is 11.3. The number of carboxylic acids is 1. The molecule has 0 aliphatic heterocycles. The number of carbonyl (C=O) groups is 2. The van der Waals surface area contributed by atoms with Crippen LogP contribution < -0.4 is 0 Å². The predicted molar refractivity (Wildman–Crippen MR) is 79.8 cm³/mol. The number of hydrogen-bond acceptors (Lipinski definition) is 5. The van der Waals surface area contributed by atoms with E-state index in [1.54, 1.807) is 6.08 Å². The van der Waals surface area contributed by atoms with Crippen LogP contribution in [0.4, 0.5) is 0 Å². The molecule has 0 bridgehead atoms. The lowest BCUT2D eigenvalue weighted by molar-refractivity contribution is -0.136. The molecule has 21 heavy (non-hydrogen) atoms. The van der Waals surface area contributed by atoms with E-state index in [0.29, 0.717) is 5.57 Å². The van der Waals surface area contributed by atoms with Crippen LogP contribution in [0.2, 0.25) is 0 Å². The molecule has 0 saturated heterocycles. The van der Waals surface area contributed by atoms with Crippen molar-refractivity contribution in [2.75, 3.05) is 13.7 Å². The van der Waals surface area contributed by atoms with Gasteiger partial charge in [0.2, 0.25) is 0 Å². The van der Waals surface area contributed by atoms with Gasteiger partial charge in [-0.25, -0.2) is 9.59 Å². The van der Waals surface area contributed by atoms with Crippen LogP contribution in [0.3, 0.4) is 0 Å². The molecule has 122 valence electrons. The van der Waals surface area contributed by atoms with Crippen molar-refractivity contribution in [3.63, 3.8) is 0 Å². The molecular formula is C15H26O6. The zero-order valence-corrected chi connectivity index (χ0v) is 12.7. The molecule has 6 heteroatoms. The molecule has 0 amide bonds. The molecule has 0 saturated carbocycles. The highest BCUT2D eigenvalue weighted by molar-refractivity contribution is 5.88. The smallest absolute Gasteiger partial charge is 0.333 e. The van der Waals surface area contributed by atoms with Gasteiger partial charge in [0.05, 0.1) is 19.8 Å². The third kappa shape index (κ3) is 14.6. The zero-order chi connectivity index (χ0) is 16.7. The van der Waals surface area contributed by atoms with Gasteiger partial charge in [-0.3, -0.25) is 0 Å². The SMILES string of the molecule is C=CC(=O)O.CCCCCC=C(CC(O)CO)C(=O)OC. The van der Waals surface area contributed by atoms with Gasteiger partial charge in [0, 0.05) is 18.1 Å². The summed E-state index contributed by atoms with van der Waals surface area (Å²) in [4.78, 5) is 20.6. The number of allylic oxidation sites excluding steroid dienone is 1. The lowest BCUT2D eigenvalue weighted by Gasteiger charge is -2.09. The Hall–Kier alpha value is -1.66. The van der Waals surface area contributed by atoms with Crippen molar-refractivity contribution < 1.29 is 29.6 Å². The second-order valence-electron chi connectivity index (χ2n) is 4.30. The zero-order valence-electron chi connectivity index (χ0n) is 12.7. The van der Waals surface area contributed by atoms with Gasteiger partial charge in [-0.2, -0.15) is 0 Å². The Labute approximate surface area is 125 Å². The largest absolute Gasteiger partial charge is 0.478 e. The lowest BCUT2D eigenvalue weighted by atomic mass is 10.1. The number of carboxylic acid groups (broad SMARTS) is 1. The highest BCUT2D eigenvalue weighted by Gasteiger charge is 2.13. The third-order valence-electron chi connectivity index (χ3n) is 2.49. The van der Waals surface area contributed by atoms with Crippen molar-refractivity contribution in [2.45, 2.75) is 45.1 Å². The van der Waals surface area contributed by atoms with E-state index >= 15 is 0 Å². The van der Waals surface area contributed by atoms with E-state index in [1.165, 1.54) is 7.11 Å². The molecule has 0 aromatic heterocycles. The summed E-state index contributed by atoms with van der Waals surface area (Å²) in [6.45, 7) is 4.73. The topological polar surface area (TPSA) is 104 Å². The Morgan fingerprint density at radius 3 is 2.29 bits per heavy atom. The molecule has 1 atom stereocenters. The van der Waals surface area contributed by atoms with Gasteiger partial charge in [-0.15, -0.1) is 0 Å². The fourth-order valence-corrected chi connectivity index (χ4v) is 1.37. The third-order valence-corrected chi connectivity index (χ3v) is 2.49. The van der Waals surface area contributed by atoms with Crippen LogP contribution in [0, 0.1) is 0 Å². The predicted octanol–water partition coefficient (Wildman–Crippen LogP) is 1.67.